The van der Waals surface area contributed by atoms with Crippen LogP contribution >= 0.6 is 7.75 Å². The van der Waals surface area contributed by atoms with E-state index >= 15 is 0 Å². The van der Waals surface area contributed by atoms with Gasteiger partial charge in [0.25, 0.3) is 0 Å². The van der Waals surface area contributed by atoms with Crippen molar-refractivity contribution in [2.45, 2.75) is 6.54 Å². The van der Waals surface area contributed by atoms with Gasteiger partial charge in [-0.1, -0.05) is 30.3 Å². The molecule has 1 aromatic carbocycles. The van der Waals surface area contributed by atoms with E-state index in [-0.39, 0.29) is 5.96 Å². The van der Waals surface area contributed by atoms with Gasteiger partial charge in [-0.3, -0.25) is 0 Å². The average molecular weight is 243 g/mol. The molecule has 0 atom stereocenters. The molecule has 0 amide bonds. The molecule has 0 spiro atoms. The van der Waals surface area contributed by atoms with Crippen molar-refractivity contribution in [2.75, 3.05) is 7.05 Å². The molecular formula is C9H14N3O3P. The fourth-order valence-corrected chi connectivity index (χ4v) is 1.57. The second-order valence-electron chi connectivity index (χ2n) is 3.31. The van der Waals surface area contributed by atoms with Gasteiger partial charge in [-0.2, -0.15) is 0 Å². The van der Waals surface area contributed by atoms with Crippen molar-refractivity contribution in [3.63, 3.8) is 0 Å². The van der Waals surface area contributed by atoms with E-state index in [1.54, 1.807) is 7.05 Å². The molecule has 0 saturated carbocycles. The molecule has 88 valence electrons. The van der Waals surface area contributed by atoms with Crippen LogP contribution in [0.15, 0.2) is 35.1 Å². The second-order valence-corrected chi connectivity index (χ2v) is 4.54. The summed E-state index contributed by atoms with van der Waals surface area (Å²) < 4.78 is 13.7. The lowest BCUT2D eigenvalue weighted by molar-refractivity contribution is 0.373. The van der Waals surface area contributed by atoms with Gasteiger partial charge >= 0.3 is 7.75 Å². The average Bonchev–Trinajstić information content (AvgIpc) is 2.16. The normalized spacial score (nSPS) is 12.6. The van der Waals surface area contributed by atoms with Crippen LogP contribution in [0.4, 0.5) is 0 Å². The summed E-state index contributed by atoms with van der Waals surface area (Å²) in [6, 6.07) is 9.41. The monoisotopic (exact) mass is 243 g/mol. The van der Waals surface area contributed by atoms with Gasteiger partial charge in [-0.25, -0.2) is 4.57 Å². The molecular weight excluding hydrogens is 229 g/mol. The lowest BCUT2D eigenvalue weighted by atomic mass is 10.2. The summed E-state index contributed by atoms with van der Waals surface area (Å²) in [5.74, 6) is -0.183. The van der Waals surface area contributed by atoms with E-state index in [0.717, 1.165) is 5.56 Å². The summed E-state index contributed by atoms with van der Waals surface area (Å²) >= 11 is 0. The van der Waals surface area contributed by atoms with E-state index in [2.05, 4.69) is 4.76 Å². The number of rotatable bonds is 3. The third-order valence-corrected chi connectivity index (χ3v) is 2.35. The highest BCUT2D eigenvalue weighted by Crippen LogP contribution is 2.36. The molecule has 0 radical (unpaired) electrons. The molecule has 0 saturated heterocycles. The molecule has 1 rings (SSSR count). The van der Waals surface area contributed by atoms with E-state index in [0.29, 0.717) is 6.54 Å². The minimum atomic E-state index is -4.46. The van der Waals surface area contributed by atoms with Crippen molar-refractivity contribution >= 4 is 13.7 Å². The first-order valence-corrected chi connectivity index (χ1v) is 6.11. The predicted molar refractivity (Wildman–Crippen MR) is 61.6 cm³/mol. The van der Waals surface area contributed by atoms with Crippen LogP contribution in [0, 0.1) is 0 Å². The standard InChI is InChI=1S/C9H14N3O3P/c1-12(9(10)11-16(13,14)15)7-8-5-3-2-4-6-8/h2-6H,7H2,1H3,(H4,10,11,13,14,15). The Bertz CT molecular complexity index is 415. The summed E-state index contributed by atoms with van der Waals surface area (Å²) in [5, 5.41) is 0. The van der Waals surface area contributed by atoms with Crippen LogP contribution in [0.1, 0.15) is 5.56 Å². The summed E-state index contributed by atoms with van der Waals surface area (Å²) in [5.41, 5.74) is 6.42. The van der Waals surface area contributed by atoms with Crippen LogP contribution in [-0.4, -0.2) is 27.7 Å². The van der Waals surface area contributed by atoms with Gasteiger partial charge in [-0.05, 0) is 5.56 Å². The first kappa shape index (κ1) is 12.7. The highest BCUT2D eigenvalue weighted by molar-refractivity contribution is 7.50. The number of guanidine groups is 1. The Hall–Kier alpha value is -1.36. The van der Waals surface area contributed by atoms with Crippen LogP contribution in [0.2, 0.25) is 0 Å². The molecule has 0 heterocycles. The Morgan fingerprint density at radius 1 is 1.44 bits per heavy atom. The van der Waals surface area contributed by atoms with E-state index in [4.69, 9.17) is 15.5 Å². The van der Waals surface area contributed by atoms with Crippen LogP contribution < -0.4 is 5.73 Å². The van der Waals surface area contributed by atoms with Crippen LogP contribution in [0.3, 0.4) is 0 Å². The molecule has 16 heavy (non-hydrogen) atoms. The molecule has 0 aliphatic heterocycles. The molecule has 0 unspecified atom stereocenters. The fraction of sp³-hybridized carbons (Fsp3) is 0.222. The molecule has 6 nitrogen and oxygen atoms in total. The van der Waals surface area contributed by atoms with Crippen molar-refractivity contribution < 1.29 is 14.4 Å². The molecule has 0 fully saturated rings. The number of nitrogens with zero attached hydrogens (tertiary/aromatic N) is 2. The maximum atomic E-state index is 10.6. The van der Waals surface area contributed by atoms with E-state index in [1.807, 2.05) is 30.3 Å². The van der Waals surface area contributed by atoms with Crippen molar-refractivity contribution in [1.82, 2.24) is 4.90 Å². The largest absolute Gasteiger partial charge is 0.451 e. The number of hydrogen-bond donors (Lipinski definition) is 3. The highest BCUT2D eigenvalue weighted by Gasteiger charge is 2.13. The lowest BCUT2D eigenvalue weighted by Gasteiger charge is -2.17. The van der Waals surface area contributed by atoms with Gasteiger partial charge in [0.2, 0.25) is 5.96 Å². The Labute approximate surface area is 93.6 Å². The van der Waals surface area contributed by atoms with Crippen LogP contribution in [0.5, 0.6) is 0 Å². The number of nitrogens with two attached hydrogens (primary N) is 1. The zero-order valence-corrected chi connectivity index (χ0v) is 9.71. The smallest absolute Gasteiger partial charge is 0.369 e. The summed E-state index contributed by atoms with van der Waals surface area (Å²) in [7, 11) is -2.85. The zero-order chi connectivity index (χ0) is 12.2. The summed E-state index contributed by atoms with van der Waals surface area (Å²) in [6.45, 7) is 0.441. The maximum Gasteiger partial charge on any atom is 0.451 e. The first-order chi connectivity index (χ1) is 7.38. The molecule has 0 aliphatic rings. The third kappa shape index (κ3) is 4.44. The van der Waals surface area contributed by atoms with Crippen molar-refractivity contribution in [1.29, 1.82) is 0 Å². The molecule has 0 bridgehead atoms. The van der Waals surface area contributed by atoms with Gasteiger partial charge < -0.3 is 20.4 Å². The molecule has 0 aliphatic carbocycles. The van der Waals surface area contributed by atoms with Gasteiger partial charge in [0.15, 0.2) is 0 Å². The summed E-state index contributed by atoms with van der Waals surface area (Å²) in [6.07, 6.45) is 0. The van der Waals surface area contributed by atoms with Gasteiger partial charge in [0.1, 0.15) is 0 Å². The highest BCUT2D eigenvalue weighted by atomic mass is 31.2. The quantitative estimate of drug-likeness (QED) is 0.408. The molecule has 1 aromatic rings. The predicted octanol–water partition coefficient (Wildman–Crippen LogP) is 0.526. The van der Waals surface area contributed by atoms with Crippen LogP contribution in [-0.2, 0) is 11.1 Å². The van der Waals surface area contributed by atoms with Gasteiger partial charge in [0.05, 0.1) is 0 Å². The van der Waals surface area contributed by atoms with Gasteiger partial charge in [0, 0.05) is 13.6 Å². The van der Waals surface area contributed by atoms with E-state index < -0.39 is 7.75 Å². The zero-order valence-electron chi connectivity index (χ0n) is 8.82. The minimum absolute atomic E-state index is 0.183. The molecule has 0 aromatic heterocycles. The molecule has 7 heteroatoms. The topological polar surface area (TPSA) is 99.2 Å². The Kier molecular flexibility index (Phi) is 4.06. The van der Waals surface area contributed by atoms with E-state index in [9.17, 15) is 4.57 Å². The Morgan fingerprint density at radius 3 is 2.50 bits per heavy atom. The third-order valence-electron chi connectivity index (χ3n) is 1.89. The van der Waals surface area contributed by atoms with Crippen LogP contribution in [0.25, 0.3) is 0 Å². The Balaban J connectivity index is 2.70. The van der Waals surface area contributed by atoms with Gasteiger partial charge in [-0.15, -0.1) is 4.76 Å². The Morgan fingerprint density at radius 2 is 2.00 bits per heavy atom. The first-order valence-electron chi connectivity index (χ1n) is 4.55. The SMILES string of the molecule is CN(Cc1ccccc1)C(N)=NP(=O)(O)O. The van der Waals surface area contributed by atoms with Crippen molar-refractivity contribution in [3.05, 3.63) is 35.9 Å². The second kappa shape index (κ2) is 5.12. The van der Waals surface area contributed by atoms with Crippen molar-refractivity contribution in [3.8, 4) is 0 Å². The van der Waals surface area contributed by atoms with E-state index in [1.165, 1.54) is 4.90 Å². The molecule has 4 N–H and O–H groups in total. The number of benzene rings is 1. The summed E-state index contributed by atoms with van der Waals surface area (Å²) in [4.78, 5) is 18.7. The minimum Gasteiger partial charge on any atom is -0.369 e. The maximum absolute atomic E-state index is 10.6. The fourth-order valence-electron chi connectivity index (χ4n) is 1.15. The lowest BCUT2D eigenvalue weighted by Crippen LogP contribution is -2.33. The number of hydrogen-bond acceptors (Lipinski definition) is 1. The van der Waals surface area contributed by atoms with Crippen molar-refractivity contribution in [2.24, 2.45) is 10.5 Å².